The largest absolute Gasteiger partial charge is 0.363 e. The number of hydrogen-bond donors (Lipinski definition) is 3. The molecule has 24 heavy (non-hydrogen) atoms. The number of carbonyl (C=O) groups is 1. The van der Waals surface area contributed by atoms with Crippen molar-refractivity contribution >= 4 is 40.3 Å². The van der Waals surface area contributed by atoms with E-state index in [4.69, 9.17) is 12.2 Å². The van der Waals surface area contributed by atoms with E-state index in [9.17, 15) is 4.79 Å². The van der Waals surface area contributed by atoms with Crippen LogP contribution in [0.2, 0.25) is 0 Å². The molecule has 0 atom stereocenters. The van der Waals surface area contributed by atoms with Crippen LogP contribution >= 0.6 is 23.6 Å². The Labute approximate surface area is 150 Å². The lowest BCUT2D eigenvalue weighted by atomic mass is 9.96. The molecule has 0 spiro atoms. The van der Waals surface area contributed by atoms with Crippen molar-refractivity contribution in [2.75, 3.05) is 30.8 Å². The predicted molar refractivity (Wildman–Crippen MR) is 99.0 cm³/mol. The predicted octanol–water partition coefficient (Wildman–Crippen LogP) is 1.61. The van der Waals surface area contributed by atoms with Crippen molar-refractivity contribution in [3.05, 3.63) is 34.3 Å². The fourth-order valence-electron chi connectivity index (χ4n) is 2.93. The summed E-state index contributed by atoms with van der Waals surface area (Å²) < 4.78 is 2.67. The highest BCUT2D eigenvalue weighted by molar-refractivity contribution is 7.73. The minimum absolute atomic E-state index is 0.0882. The Balaban J connectivity index is 1.51. The fourth-order valence-corrected chi connectivity index (χ4v) is 3.89. The Morgan fingerprint density at radius 1 is 1.38 bits per heavy atom. The number of likely N-dealkylation sites (tertiary alicyclic amines) is 1. The summed E-state index contributed by atoms with van der Waals surface area (Å²) in [6, 6.07) is 9.64. The number of rotatable bonds is 5. The number of nitrogens with zero attached hydrogens (tertiary/aromatic N) is 2. The minimum Gasteiger partial charge on any atom is -0.363 e. The normalized spacial score (nSPS) is 20.5. The Bertz CT molecular complexity index is 734. The highest BCUT2D eigenvalue weighted by atomic mass is 32.1. The third kappa shape index (κ3) is 4.19. The highest BCUT2D eigenvalue weighted by Gasteiger charge is 2.27. The van der Waals surface area contributed by atoms with Crippen LogP contribution in [0, 0.1) is 9.87 Å². The van der Waals surface area contributed by atoms with E-state index in [2.05, 4.69) is 15.7 Å². The molecule has 0 saturated carbocycles. The molecule has 0 aliphatic carbocycles. The van der Waals surface area contributed by atoms with Gasteiger partial charge in [-0.1, -0.05) is 29.5 Å². The molecule has 0 bridgehead atoms. The lowest BCUT2D eigenvalue weighted by molar-refractivity contribution is -0.928. The van der Waals surface area contributed by atoms with E-state index >= 15 is 0 Å². The smallest absolute Gasteiger partial charge is 0.227 e. The Hall–Kier alpha value is -1.77. The van der Waals surface area contributed by atoms with Crippen LogP contribution in [0.3, 0.4) is 0 Å². The first kappa shape index (κ1) is 17.1. The monoisotopic (exact) mass is 364 g/mol. The van der Waals surface area contributed by atoms with Crippen LogP contribution < -0.4 is 15.5 Å². The number of hydrogen-bond acceptors (Lipinski definition) is 5. The minimum atomic E-state index is 0.0882. The first-order valence-electron chi connectivity index (χ1n) is 8.11. The molecular formula is C16H22N5OS2+. The van der Waals surface area contributed by atoms with Gasteiger partial charge in [0, 0.05) is 31.5 Å². The molecule has 0 radical (unpaired) electrons. The standard InChI is InChI=1S/C16H21N5OS2/c1-17-15-19-21(16(23)24-15)11-20-9-7-12(8-10-20)14(22)18-13-5-3-2-4-6-13/h2-6,12H,7-11H2,1H3,(H,17,19)(H,18,22)/p+1. The quantitative estimate of drug-likeness (QED) is 0.706. The van der Waals surface area contributed by atoms with E-state index in [1.54, 1.807) is 0 Å². The second kappa shape index (κ2) is 7.87. The number of para-hydroxylation sites is 1. The zero-order chi connectivity index (χ0) is 16.9. The maximum absolute atomic E-state index is 12.4. The van der Waals surface area contributed by atoms with Crippen LogP contribution in [0.5, 0.6) is 0 Å². The molecule has 2 aromatic rings. The molecule has 1 fully saturated rings. The summed E-state index contributed by atoms with van der Waals surface area (Å²) in [5.74, 6) is 0.216. The maximum atomic E-state index is 12.4. The first-order valence-corrected chi connectivity index (χ1v) is 9.33. The zero-order valence-corrected chi connectivity index (χ0v) is 15.3. The first-order chi connectivity index (χ1) is 11.7. The number of aromatic nitrogens is 2. The van der Waals surface area contributed by atoms with Crippen LogP contribution in [0.15, 0.2) is 30.3 Å². The number of anilines is 2. The summed E-state index contributed by atoms with van der Waals surface area (Å²) in [7, 11) is 1.85. The van der Waals surface area contributed by atoms with Gasteiger partial charge in [-0.25, -0.2) is 0 Å². The average Bonchev–Trinajstić information content (AvgIpc) is 2.96. The Morgan fingerprint density at radius 3 is 2.71 bits per heavy atom. The van der Waals surface area contributed by atoms with Gasteiger partial charge in [-0.2, -0.15) is 4.68 Å². The molecule has 1 amide bonds. The number of nitrogens with one attached hydrogen (secondary N) is 3. The number of benzene rings is 1. The number of piperidine rings is 1. The van der Waals surface area contributed by atoms with Gasteiger partial charge < -0.3 is 15.5 Å². The maximum Gasteiger partial charge on any atom is 0.227 e. The second-order valence-corrected chi connectivity index (χ2v) is 7.58. The summed E-state index contributed by atoms with van der Waals surface area (Å²) in [5, 5.41) is 11.3. The third-order valence-corrected chi connectivity index (χ3v) is 5.62. The number of carbonyl (C=O) groups excluding carboxylic acids is 1. The van der Waals surface area contributed by atoms with Crippen molar-refractivity contribution in [3.8, 4) is 0 Å². The molecule has 1 saturated heterocycles. The molecular weight excluding hydrogens is 342 g/mol. The number of quaternary nitrogens is 1. The fraction of sp³-hybridized carbons (Fsp3) is 0.438. The van der Waals surface area contributed by atoms with E-state index in [0.717, 1.165) is 47.4 Å². The lowest BCUT2D eigenvalue weighted by Gasteiger charge is -2.28. The molecule has 128 valence electrons. The SMILES string of the molecule is CNc1nn(C[NH+]2CCC(C(=O)Nc3ccccc3)CC2)c(=S)s1. The van der Waals surface area contributed by atoms with Crippen molar-refractivity contribution in [1.29, 1.82) is 0 Å². The van der Waals surface area contributed by atoms with Gasteiger partial charge in [0.05, 0.1) is 13.1 Å². The summed E-state index contributed by atoms with van der Waals surface area (Å²) in [6.07, 6.45) is 1.79. The summed E-state index contributed by atoms with van der Waals surface area (Å²) in [4.78, 5) is 13.8. The molecule has 0 unspecified atom stereocenters. The molecule has 1 aliphatic heterocycles. The summed E-state index contributed by atoms with van der Waals surface area (Å²) in [5.41, 5.74) is 0.866. The molecule has 6 nitrogen and oxygen atoms in total. The molecule has 1 aliphatic rings. The van der Waals surface area contributed by atoms with Crippen LogP contribution in [0.4, 0.5) is 10.8 Å². The van der Waals surface area contributed by atoms with Crippen molar-refractivity contribution in [3.63, 3.8) is 0 Å². The van der Waals surface area contributed by atoms with Gasteiger partial charge in [0.1, 0.15) is 0 Å². The van der Waals surface area contributed by atoms with Crippen molar-refractivity contribution in [2.24, 2.45) is 5.92 Å². The summed E-state index contributed by atoms with van der Waals surface area (Å²) in [6.45, 7) is 2.69. The number of amides is 1. The molecule has 3 rings (SSSR count). The van der Waals surface area contributed by atoms with Gasteiger partial charge >= 0.3 is 0 Å². The van der Waals surface area contributed by atoms with Gasteiger partial charge in [-0.15, -0.1) is 5.10 Å². The van der Waals surface area contributed by atoms with E-state index < -0.39 is 0 Å². The molecule has 1 aromatic carbocycles. The molecule has 3 N–H and O–H groups in total. The van der Waals surface area contributed by atoms with Gasteiger partial charge in [0.15, 0.2) is 10.6 Å². The van der Waals surface area contributed by atoms with E-state index in [-0.39, 0.29) is 11.8 Å². The van der Waals surface area contributed by atoms with Crippen molar-refractivity contribution in [1.82, 2.24) is 9.78 Å². The van der Waals surface area contributed by atoms with Crippen LogP contribution in [-0.4, -0.2) is 35.8 Å². The highest BCUT2D eigenvalue weighted by Crippen LogP contribution is 2.15. The lowest BCUT2D eigenvalue weighted by Crippen LogP contribution is -3.12. The van der Waals surface area contributed by atoms with E-state index in [1.165, 1.54) is 16.2 Å². The topological polar surface area (TPSA) is 63.4 Å². The van der Waals surface area contributed by atoms with Gasteiger partial charge in [-0.05, 0) is 24.4 Å². The van der Waals surface area contributed by atoms with Gasteiger partial charge in [0.2, 0.25) is 11.0 Å². The van der Waals surface area contributed by atoms with Crippen LogP contribution in [-0.2, 0) is 11.5 Å². The molecule has 2 heterocycles. The van der Waals surface area contributed by atoms with Crippen LogP contribution in [0.1, 0.15) is 12.8 Å². The van der Waals surface area contributed by atoms with Crippen molar-refractivity contribution in [2.45, 2.75) is 19.5 Å². The van der Waals surface area contributed by atoms with E-state index in [0.29, 0.717) is 0 Å². The Kier molecular flexibility index (Phi) is 5.60. The average molecular weight is 365 g/mol. The van der Waals surface area contributed by atoms with Crippen molar-refractivity contribution < 1.29 is 9.69 Å². The Morgan fingerprint density at radius 2 is 2.08 bits per heavy atom. The summed E-state index contributed by atoms with van der Waals surface area (Å²) >= 11 is 6.83. The molecule has 1 aromatic heterocycles. The zero-order valence-electron chi connectivity index (χ0n) is 13.6. The van der Waals surface area contributed by atoms with E-state index in [1.807, 2.05) is 42.1 Å². The second-order valence-electron chi connectivity index (χ2n) is 5.96. The van der Waals surface area contributed by atoms with Gasteiger partial charge in [0.25, 0.3) is 0 Å². The third-order valence-electron chi connectivity index (χ3n) is 4.30. The molecule has 8 heteroatoms. The van der Waals surface area contributed by atoms with Gasteiger partial charge in [-0.3, -0.25) is 4.79 Å². The van der Waals surface area contributed by atoms with Crippen LogP contribution in [0.25, 0.3) is 0 Å².